The number of nitrogen functional groups attached to an aromatic ring is 1. The number of carboxylic acids is 5. The molecular weight excluding hydrogens is 1730 g/mol. The van der Waals surface area contributed by atoms with Gasteiger partial charge in [0.1, 0.15) is 66.4 Å². The van der Waals surface area contributed by atoms with E-state index in [1.165, 1.54) is 49.7 Å². The van der Waals surface area contributed by atoms with Gasteiger partial charge in [0.25, 0.3) is 23.2 Å². The summed E-state index contributed by atoms with van der Waals surface area (Å²) in [6, 6.07) is -4.34. The van der Waals surface area contributed by atoms with Gasteiger partial charge >= 0.3 is 42.0 Å². The van der Waals surface area contributed by atoms with Crippen LogP contribution in [0.5, 0.6) is 0 Å². The Morgan fingerprint density at radius 3 is 2.01 bits per heavy atom. The predicted octanol–water partition coefficient (Wildman–Crippen LogP) is 4.19. The number of esters is 1. The summed E-state index contributed by atoms with van der Waals surface area (Å²) in [5, 5.41) is 78.7. The largest absolute Gasteiger partial charge is 0.508 e. The van der Waals surface area contributed by atoms with Crippen molar-refractivity contribution < 1.29 is 131 Å². The Balaban J connectivity index is 1.04. The number of nitrogens with two attached hydrogens (primary N) is 2. The molecule has 708 valence electrons. The van der Waals surface area contributed by atoms with Gasteiger partial charge in [-0.05, 0) is 125 Å². The fourth-order valence-electron chi connectivity index (χ4n) is 14.3. The van der Waals surface area contributed by atoms with E-state index >= 15 is 0 Å². The van der Waals surface area contributed by atoms with Gasteiger partial charge in [-0.1, -0.05) is 99.6 Å². The monoisotopic (exact) mass is 1850 g/mol. The van der Waals surface area contributed by atoms with Crippen molar-refractivity contribution in [1.82, 2.24) is 51.8 Å². The van der Waals surface area contributed by atoms with Gasteiger partial charge in [-0.3, -0.25) is 67.3 Å². The number of carbonyl (C=O) groups is 16. The van der Waals surface area contributed by atoms with E-state index in [1.54, 1.807) is 53.7 Å². The van der Waals surface area contributed by atoms with Gasteiger partial charge in [-0.2, -0.15) is 0 Å². The summed E-state index contributed by atoms with van der Waals surface area (Å²) in [4.78, 5) is 238. The van der Waals surface area contributed by atoms with Crippen molar-refractivity contribution in [2.24, 2.45) is 35.3 Å². The number of carboxylic acid groups (broad SMARTS) is 5. The molecule has 6 amide bonds. The maximum atomic E-state index is 14.2. The van der Waals surface area contributed by atoms with Gasteiger partial charge in [0.15, 0.2) is 5.52 Å². The molecule has 6 rings (SSSR count). The summed E-state index contributed by atoms with van der Waals surface area (Å²) >= 11 is 0. The molecule has 2 aromatic heterocycles. The van der Waals surface area contributed by atoms with Crippen molar-refractivity contribution in [3.05, 3.63) is 106 Å². The molecule has 3 aliphatic rings. The van der Waals surface area contributed by atoms with Crippen LogP contribution in [0.1, 0.15) is 174 Å². The zero-order valence-corrected chi connectivity index (χ0v) is 75.0. The van der Waals surface area contributed by atoms with E-state index in [0.717, 1.165) is 32.1 Å². The molecule has 3 aromatic rings. The zero-order chi connectivity index (χ0) is 95.5. The number of H-pyrrole nitrogens is 1. The molecule has 16 atom stereocenters. The van der Waals surface area contributed by atoms with Crippen molar-refractivity contribution in [3.8, 4) is 0 Å². The van der Waals surface area contributed by atoms with E-state index in [9.17, 15) is 112 Å². The first-order valence-electron chi connectivity index (χ1n) is 42.4. The maximum absolute atomic E-state index is 14.2. The molecule has 18 N–H and O–H groups in total. The number of aliphatic carboxylic acids is 5. The molecule has 1 unspecified atom stereocenters. The highest BCUT2D eigenvalue weighted by atomic mass is 33.1. The highest BCUT2D eigenvalue weighted by molar-refractivity contribution is 8.76. The van der Waals surface area contributed by atoms with Crippen molar-refractivity contribution in [2.45, 2.75) is 237 Å². The topological polar surface area (TPSA) is 639 Å². The van der Waals surface area contributed by atoms with Crippen LogP contribution >= 0.6 is 21.6 Å². The van der Waals surface area contributed by atoms with Gasteiger partial charge in [-0.25, -0.2) is 24.2 Å². The Morgan fingerprint density at radius 1 is 0.729 bits per heavy atom. The second kappa shape index (κ2) is 52.2. The van der Waals surface area contributed by atoms with E-state index in [2.05, 4.69) is 52.2 Å². The minimum atomic E-state index is -2.51. The summed E-state index contributed by atoms with van der Waals surface area (Å²) in [5.74, 6) is -23.3. The number of pyridine rings is 1. The molecule has 0 radical (unpaired) electrons. The highest BCUT2D eigenvalue weighted by Gasteiger charge is 2.53. The lowest BCUT2D eigenvalue weighted by atomic mass is 9.85. The summed E-state index contributed by atoms with van der Waals surface area (Å²) in [7, 11) is 3.31. The zero-order valence-electron chi connectivity index (χ0n) is 73.4. The summed E-state index contributed by atoms with van der Waals surface area (Å²) < 4.78 is 29.1. The first-order valence-corrected chi connectivity index (χ1v) is 44.9. The number of fused-ring (bicyclic) bond motifs is 4. The van der Waals surface area contributed by atoms with Crippen molar-refractivity contribution in [2.75, 3.05) is 55.9 Å². The van der Waals surface area contributed by atoms with Crippen LogP contribution < -0.4 is 54.2 Å². The number of carbonyl (C=O) groups excluding carboxylic acids is 11. The first kappa shape index (κ1) is 106. The van der Waals surface area contributed by atoms with Gasteiger partial charge in [0, 0.05) is 92.5 Å². The number of aliphatic hydroxyl groups is 1. The summed E-state index contributed by atoms with van der Waals surface area (Å²) in [6.45, 7) is 12.9. The third-order valence-corrected chi connectivity index (χ3v) is 24.3. The van der Waals surface area contributed by atoms with Crippen LogP contribution in [-0.2, 0) is 97.4 Å². The summed E-state index contributed by atoms with van der Waals surface area (Å²) in [5.41, 5.74) is 13.2. The number of methoxy groups -OCH3 is 1. The van der Waals surface area contributed by atoms with E-state index in [0.29, 0.717) is 43.5 Å². The van der Waals surface area contributed by atoms with Gasteiger partial charge < -0.3 is 113 Å². The fourth-order valence-corrected chi connectivity index (χ4v) is 16.3. The van der Waals surface area contributed by atoms with E-state index in [1.807, 2.05) is 32.1 Å². The summed E-state index contributed by atoms with van der Waals surface area (Å²) in [6.07, 6.45) is 4.84. The number of amides is 6. The number of piperidine rings is 1. The third kappa shape index (κ3) is 34.5. The van der Waals surface area contributed by atoms with Crippen molar-refractivity contribution in [3.63, 3.8) is 0 Å². The van der Waals surface area contributed by atoms with Gasteiger partial charge in [0.05, 0.1) is 67.5 Å². The number of anilines is 2. The van der Waals surface area contributed by atoms with Crippen molar-refractivity contribution >= 4 is 139 Å². The molecule has 43 heteroatoms. The number of hydrogen-bond acceptors (Lipinski definition) is 31. The van der Waals surface area contributed by atoms with Crippen LogP contribution in [0.25, 0.3) is 11.0 Å². The lowest BCUT2D eigenvalue weighted by Crippen LogP contribution is -2.61. The number of ether oxygens (including phenoxy) is 5. The Bertz CT molecular complexity index is 4680. The maximum Gasteiger partial charge on any atom is 0.508 e. The Labute approximate surface area is 752 Å². The molecule has 129 heavy (non-hydrogen) atoms. The number of aromatic nitrogens is 3. The first-order chi connectivity index (χ1) is 61.0. The number of Topliss-reactive ketones (excluding diaryl/α,β-unsaturated/α-hetero) is 3. The number of cyclic esters (lactones) is 1. The second-order valence-electron chi connectivity index (χ2n) is 32.5. The average Bonchev–Trinajstić information content (AvgIpc) is 0.772. The fraction of sp³-hybridized carbons (Fsp3) is 0.570. The van der Waals surface area contributed by atoms with Crippen molar-refractivity contribution in [1.29, 1.82) is 0 Å². The van der Waals surface area contributed by atoms with E-state index in [4.69, 9.17) is 35.2 Å². The van der Waals surface area contributed by atoms with Gasteiger partial charge in [0.2, 0.25) is 29.4 Å². The van der Waals surface area contributed by atoms with Crippen LogP contribution in [0.15, 0.2) is 88.9 Å². The minimum absolute atomic E-state index is 0.00322. The number of allylic oxidation sites excluding steroid dienone is 6. The molecule has 2 bridgehead atoms. The Hall–Kier alpha value is -11.5. The SMILES string of the molecule is CO[C@H]1C[C@@H]2CC[C@@H](C)[C@@](O)(O2)C(=O)C(=O)N2CCCC[C@H]2C(=O)O[C@H](C(C)C)CC(=O)[C@H](C)/C=C(\C)[C@@H](OC(=O)OCCSSC[C@H](NC(=O)[C@H](CC(=O)O)NC(=O)[C@H](CC(=O)O)NC(=O)C(CCCN)NC[C@H](CC(=O)O)NC(=O)CC[C@H](NC(=O)c2ccc(NCc3cnc4cc(N)[nH]c(=O)c4n3)cc2)C(=O)O)C(=O)O)CC(=O)[C@H](C)C[C@H](C)/C=C/C=C/C=C/1C. The van der Waals surface area contributed by atoms with E-state index < -0.39 is 235 Å². The normalized spacial score (nSPS) is 24.0. The molecule has 0 saturated carbocycles. The van der Waals surface area contributed by atoms with E-state index in [-0.39, 0.29) is 110 Å². The second-order valence-corrected chi connectivity index (χ2v) is 35.2. The Kier molecular flexibility index (Phi) is 43.0. The molecular formula is C86H119N13O28S2. The number of benzene rings is 1. The number of ketones is 3. The average molecular weight is 1850 g/mol. The molecule has 0 aliphatic carbocycles. The van der Waals surface area contributed by atoms with Crippen LogP contribution in [0.2, 0.25) is 0 Å². The number of rotatable bonds is 38. The van der Waals surface area contributed by atoms with Crippen LogP contribution in [0.3, 0.4) is 0 Å². The quantitative estimate of drug-likeness (QED) is 0.0126. The number of nitrogens with zero attached hydrogens (tertiary/aromatic N) is 3. The molecule has 2 fully saturated rings. The van der Waals surface area contributed by atoms with Crippen LogP contribution in [0, 0.1) is 29.6 Å². The molecule has 1 aromatic carbocycles. The smallest absolute Gasteiger partial charge is 0.481 e. The van der Waals surface area contributed by atoms with Crippen LogP contribution in [-0.4, -0.2) is 263 Å². The molecule has 3 aliphatic heterocycles. The number of hydrogen-bond donors (Lipinski definition) is 16. The standard InChI is InChI=1S/C86H119N13O28S2/c1-45(2)66-39-64(100)49(6)33-50(7)68(40-65(101)48(5)32-46(3)16-11-10-12-17-47(4)67(123-9)35-56-25-20-51(8)86(122,127-56)75(109)81(115)99-29-14-13-19-63(99)84(120)125-66)126-85(121)124-30-31-128-129-44-62(83(118)119)97-79(113)61(38-73(107)108)96-78(112)60(37-72(105)106)95-77(111)57(18-15-28-87)90-41-54(34-71(103)104)92-70(102)27-26-58(82(116)117)94-76(110)52-21-23-53(24-22-52)89-42-55-43-91-59-36-69(88)98-80(114)74(59)93-55/h10-12,16-17,21-24,33,36,43,45-46,48-49,51,54,56-58,60-63,66-68,89-90,122H,13-15,18-20,25-32,34-35,37-42,44,87H2,1-9H3,(H,92,102)(H,94,110)(H,95,111)(H,96,112)(H,97,113)(H,103,104)(H,105,106)(H,107,108)(H,116,117)(H,118,119)(H3,88,98,114)/b12-10+,16-11+,47-17+,50-33+/t46-,48-,49-,51-,54+,56+,57?,58+,60+,61+,62+,63+,66+,67+,68+,86-/m1/s1. The number of nitrogens with one attached hydrogen (secondary N) is 8. The molecule has 41 nitrogen and oxygen atoms in total. The predicted molar refractivity (Wildman–Crippen MR) is 470 cm³/mol. The molecule has 5 heterocycles. The third-order valence-electron chi connectivity index (χ3n) is 21.9. The number of aromatic amines is 1. The lowest BCUT2D eigenvalue weighted by Gasteiger charge is -2.42. The molecule has 2 saturated heterocycles. The van der Waals surface area contributed by atoms with Gasteiger partial charge in [-0.15, -0.1) is 0 Å². The molecule has 0 spiro atoms. The highest BCUT2D eigenvalue weighted by Crippen LogP contribution is 2.37. The minimum Gasteiger partial charge on any atom is -0.481 e. The van der Waals surface area contributed by atoms with Crippen LogP contribution in [0.4, 0.5) is 16.3 Å². The lowest BCUT2D eigenvalue weighted by molar-refractivity contribution is -0.265. The Morgan fingerprint density at radius 2 is 1.38 bits per heavy atom.